The van der Waals surface area contributed by atoms with Gasteiger partial charge in [0, 0.05) is 17.7 Å². The molecule has 0 amide bonds. The third-order valence-electron chi connectivity index (χ3n) is 1.86. The summed E-state index contributed by atoms with van der Waals surface area (Å²) in [5.74, 6) is -1.71. The molecular weight excluding hydrogens is 212 g/mol. The molecule has 0 saturated heterocycles. The fourth-order valence-electron chi connectivity index (χ4n) is 1.05. The van der Waals surface area contributed by atoms with E-state index in [0.29, 0.717) is 6.07 Å². The van der Waals surface area contributed by atoms with Crippen LogP contribution in [0.2, 0.25) is 5.02 Å². The summed E-state index contributed by atoms with van der Waals surface area (Å²) < 4.78 is 25.9. The quantitative estimate of drug-likeness (QED) is 0.751. The third-order valence-corrected chi connectivity index (χ3v) is 2.15. The monoisotopic (exact) mass is 221 g/mol. The van der Waals surface area contributed by atoms with E-state index >= 15 is 0 Å². The molecule has 5 heteroatoms. The van der Waals surface area contributed by atoms with Gasteiger partial charge in [0.15, 0.2) is 0 Å². The van der Waals surface area contributed by atoms with Gasteiger partial charge in [-0.3, -0.25) is 0 Å². The van der Waals surface area contributed by atoms with Crippen molar-refractivity contribution >= 4 is 11.6 Å². The van der Waals surface area contributed by atoms with Crippen molar-refractivity contribution in [3.63, 3.8) is 0 Å². The lowest BCUT2D eigenvalue weighted by molar-refractivity contribution is 0.149. The summed E-state index contributed by atoms with van der Waals surface area (Å²) in [6.45, 7) is 1.52. The molecule has 1 rings (SSSR count). The van der Waals surface area contributed by atoms with E-state index in [1.165, 1.54) is 6.92 Å². The molecule has 78 valence electrons. The molecule has 14 heavy (non-hydrogen) atoms. The maximum absolute atomic E-state index is 13.1. The highest BCUT2D eigenvalue weighted by Gasteiger charge is 2.18. The Hall–Kier alpha value is -0.710. The molecule has 0 aliphatic carbocycles. The highest BCUT2D eigenvalue weighted by atomic mass is 35.5. The molecule has 0 fully saturated rings. The number of hydrogen-bond donors (Lipinski definition) is 2. The third kappa shape index (κ3) is 2.20. The average molecular weight is 222 g/mol. The summed E-state index contributed by atoms with van der Waals surface area (Å²) in [6, 6.07) is 1.02. The Morgan fingerprint density at radius 3 is 2.43 bits per heavy atom. The van der Waals surface area contributed by atoms with Gasteiger partial charge in [0.2, 0.25) is 0 Å². The molecule has 0 bridgehead atoms. The maximum Gasteiger partial charge on any atom is 0.144 e. The van der Waals surface area contributed by atoms with Crippen LogP contribution < -0.4 is 5.73 Å². The summed E-state index contributed by atoms with van der Waals surface area (Å²) in [6.07, 6.45) is -1.19. The molecule has 2 nitrogen and oxygen atoms in total. The van der Waals surface area contributed by atoms with Crippen molar-refractivity contribution in [2.75, 3.05) is 0 Å². The Balaban J connectivity index is 3.15. The Bertz CT molecular complexity index is 344. The number of rotatable bonds is 2. The van der Waals surface area contributed by atoms with Crippen LogP contribution in [0.4, 0.5) is 8.78 Å². The topological polar surface area (TPSA) is 46.2 Å². The van der Waals surface area contributed by atoms with E-state index in [0.717, 1.165) is 6.07 Å². The van der Waals surface area contributed by atoms with E-state index in [2.05, 4.69) is 0 Å². The molecular formula is C9H10ClF2NO. The second kappa shape index (κ2) is 4.21. The number of aliphatic hydroxyl groups excluding tert-OH is 1. The van der Waals surface area contributed by atoms with Gasteiger partial charge < -0.3 is 10.8 Å². The van der Waals surface area contributed by atoms with Gasteiger partial charge >= 0.3 is 0 Å². The number of halogens is 3. The van der Waals surface area contributed by atoms with Crippen molar-refractivity contribution in [1.29, 1.82) is 0 Å². The van der Waals surface area contributed by atoms with Crippen molar-refractivity contribution < 1.29 is 13.9 Å². The highest BCUT2D eigenvalue weighted by Crippen LogP contribution is 2.25. The number of aliphatic hydroxyl groups is 1. The Morgan fingerprint density at radius 2 is 1.93 bits per heavy atom. The minimum Gasteiger partial charge on any atom is -0.387 e. The second-order valence-electron chi connectivity index (χ2n) is 3.09. The van der Waals surface area contributed by atoms with E-state index in [1.54, 1.807) is 0 Å². The second-order valence-corrected chi connectivity index (χ2v) is 3.50. The van der Waals surface area contributed by atoms with Gasteiger partial charge in [0.1, 0.15) is 11.6 Å². The number of nitrogens with two attached hydrogens (primary N) is 1. The first-order valence-corrected chi connectivity index (χ1v) is 4.39. The molecule has 1 aromatic carbocycles. The summed E-state index contributed by atoms with van der Waals surface area (Å²) in [5, 5.41) is 9.21. The summed E-state index contributed by atoms with van der Waals surface area (Å²) >= 11 is 5.44. The molecule has 0 spiro atoms. The van der Waals surface area contributed by atoms with Crippen LogP contribution >= 0.6 is 11.6 Å². The minimum absolute atomic E-state index is 0.0913. The normalized spacial score (nSPS) is 15.3. The zero-order chi connectivity index (χ0) is 10.9. The maximum atomic E-state index is 13.1. The zero-order valence-corrected chi connectivity index (χ0v) is 8.22. The first-order valence-electron chi connectivity index (χ1n) is 4.01. The lowest BCUT2D eigenvalue weighted by atomic mass is 10.0. The zero-order valence-electron chi connectivity index (χ0n) is 7.47. The number of benzene rings is 1. The van der Waals surface area contributed by atoms with Gasteiger partial charge in [-0.2, -0.15) is 0 Å². The predicted molar refractivity (Wildman–Crippen MR) is 50.0 cm³/mol. The number of hydrogen-bond acceptors (Lipinski definition) is 2. The Morgan fingerprint density at radius 1 is 1.36 bits per heavy atom. The van der Waals surface area contributed by atoms with E-state index in [-0.39, 0.29) is 10.6 Å². The molecule has 2 atom stereocenters. The summed E-state index contributed by atoms with van der Waals surface area (Å²) in [4.78, 5) is 0. The van der Waals surface area contributed by atoms with Crippen molar-refractivity contribution in [3.05, 3.63) is 34.4 Å². The highest BCUT2D eigenvalue weighted by molar-refractivity contribution is 6.30. The average Bonchev–Trinajstić information content (AvgIpc) is 2.10. The van der Waals surface area contributed by atoms with Crippen LogP contribution in [0.3, 0.4) is 0 Å². The first-order chi connectivity index (χ1) is 6.43. The molecule has 3 N–H and O–H groups in total. The largest absolute Gasteiger partial charge is 0.387 e. The van der Waals surface area contributed by atoms with Gasteiger partial charge in [0.05, 0.1) is 11.1 Å². The van der Waals surface area contributed by atoms with E-state index in [9.17, 15) is 13.9 Å². The van der Waals surface area contributed by atoms with Crippen LogP contribution in [0.25, 0.3) is 0 Å². The van der Waals surface area contributed by atoms with Crippen LogP contribution in [0.1, 0.15) is 18.6 Å². The molecule has 0 aliphatic rings. The van der Waals surface area contributed by atoms with Gasteiger partial charge in [-0.15, -0.1) is 0 Å². The molecule has 0 aromatic heterocycles. The van der Waals surface area contributed by atoms with E-state index in [1.807, 2.05) is 0 Å². The first kappa shape index (κ1) is 11.4. The van der Waals surface area contributed by atoms with Crippen LogP contribution in [0, 0.1) is 11.6 Å². The lowest BCUT2D eigenvalue weighted by Crippen LogP contribution is -2.25. The fraction of sp³-hybridized carbons (Fsp3) is 0.333. The Kier molecular flexibility index (Phi) is 3.42. The molecule has 0 saturated carbocycles. The molecule has 0 unspecified atom stereocenters. The molecule has 1 aromatic rings. The standard InChI is InChI=1S/C9H10ClF2NO/c1-4(13)9(14)5-2-6(10)8(12)3-7(5)11/h2-4,9,14H,13H2,1H3/t4-,9-/m1/s1. The SMILES string of the molecule is C[C@@H](N)[C@@H](O)c1cc(Cl)c(F)cc1F. The van der Waals surface area contributed by atoms with Crippen LogP contribution in [-0.2, 0) is 0 Å². The van der Waals surface area contributed by atoms with Gasteiger partial charge in [-0.05, 0) is 13.0 Å². The Labute approximate surface area is 85.3 Å². The van der Waals surface area contributed by atoms with Gasteiger partial charge in [0.25, 0.3) is 0 Å². The van der Waals surface area contributed by atoms with Crippen molar-refractivity contribution in [3.8, 4) is 0 Å². The minimum atomic E-state index is -1.19. The van der Waals surface area contributed by atoms with Crippen LogP contribution in [0.5, 0.6) is 0 Å². The van der Waals surface area contributed by atoms with Crippen LogP contribution in [-0.4, -0.2) is 11.1 Å². The van der Waals surface area contributed by atoms with E-state index < -0.39 is 23.8 Å². The smallest absolute Gasteiger partial charge is 0.144 e. The van der Waals surface area contributed by atoms with Crippen molar-refractivity contribution in [2.45, 2.75) is 19.1 Å². The summed E-state index contributed by atoms with van der Waals surface area (Å²) in [7, 11) is 0. The van der Waals surface area contributed by atoms with Crippen molar-refractivity contribution in [1.82, 2.24) is 0 Å². The summed E-state index contributed by atoms with van der Waals surface area (Å²) in [5.41, 5.74) is 5.28. The van der Waals surface area contributed by atoms with Gasteiger partial charge in [-0.1, -0.05) is 11.6 Å². The molecule has 0 aliphatic heterocycles. The van der Waals surface area contributed by atoms with E-state index in [4.69, 9.17) is 17.3 Å². The van der Waals surface area contributed by atoms with Crippen LogP contribution in [0.15, 0.2) is 12.1 Å². The molecule has 0 radical (unpaired) electrons. The lowest BCUT2D eigenvalue weighted by Gasteiger charge is -2.15. The predicted octanol–water partition coefficient (Wildman–Crippen LogP) is 2.00. The van der Waals surface area contributed by atoms with Gasteiger partial charge in [-0.25, -0.2) is 8.78 Å². The fourth-order valence-corrected chi connectivity index (χ4v) is 1.22. The van der Waals surface area contributed by atoms with Crippen molar-refractivity contribution in [2.24, 2.45) is 5.73 Å². The molecule has 0 heterocycles.